The Hall–Kier alpha value is -4.53. The van der Waals surface area contributed by atoms with E-state index in [2.05, 4.69) is 56.5 Å². The number of aromatic nitrogens is 3. The predicted octanol–water partition coefficient (Wildman–Crippen LogP) is 8.26. The van der Waals surface area contributed by atoms with E-state index in [9.17, 15) is 15.3 Å². The fourth-order valence-electron chi connectivity index (χ4n) is 4.35. The number of hydrogen-bond donors (Lipinski definition) is 3. The Morgan fingerprint density at radius 3 is 0.956 bits per heavy atom. The van der Waals surface area contributed by atoms with E-state index in [0.717, 1.165) is 19.3 Å². The molecule has 3 N–H and O–H groups in total. The van der Waals surface area contributed by atoms with Crippen molar-refractivity contribution in [2.75, 3.05) is 19.8 Å². The molecule has 0 bridgehead atoms. The fourth-order valence-corrected chi connectivity index (χ4v) is 4.35. The van der Waals surface area contributed by atoms with Crippen molar-refractivity contribution < 1.29 is 29.5 Å². The van der Waals surface area contributed by atoms with Gasteiger partial charge in [0, 0.05) is 18.2 Å². The van der Waals surface area contributed by atoms with Crippen LogP contribution in [0.25, 0.3) is 34.2 Å². The van der Waals surface area contributed by atoms with E-state index in [4.69, 9.17) is 14.2 Å². The molecule has 1 aromatic heterocycles. The summed E-state index contributed by atoms with van der Waals surface area (Å²) in [7, 11) is 0. The highest BCUT2D eigenvalue weighted by molar-refractivity contribution is 5.74. The van der Waals surface area contributed by atoms with Crippen molar-refractivity contribution in [2.45, 2.75) is 60.8 Å². The molecule has 3 aromatic carbocycles. The van der Waals surface area contributed by atoms with Crippen LogP contribution in [-0.2, 0) is 0 Å². The Morgan fingerprint density at radius 1 is 0.467 bits per heavy atom. The monoisotopic (exact) mass is 615 g/mol. The van der Waals surface area contributed by atoms with Crippen LogP contribution in [0.5, 0.6) is 34.5 Å². The lowest BCUT2D eigenvalue weighted by Crippen LogP contribution is -2.03. The van der Waals surface area contributed by atoms with E-state index in [0.29, 0.717) is 71.5 Å². The SMILES string of the molecule is CC(C)CCOc1ccc(-c2nc(-c3ccc(OCCC(C)C)cc3O)nc(-c3ccc(OCCC(C)C)cc3O)n2)c(O)c1. The van der Waals surface area contributed by atoms with Gasteiger partial charge in [-0.15, -0.1) is 0 Å². The lowest BCUT2D eigenvalue weighted by atomic mass is 10.1. The zero-order valence-corrected chi connectivity index (χ0v) is 27.1. The molecule has 0 saturated carbocycles. The minimum absolute atomic E-state index is 0.0728. The Labute approximate surface area is 265 Å². The third-order valence-corrected chi connectivity index (χ3v) is 7.16. The molecule has 0 spiro atoms. The van der Waals surface area contributed by atoms with Gasteiger partial charge in [-0.05, 0) is 73.4 Å². The maximum absolute atomic E-state index is 11.0. The number of ether oxygens (including phenoxy) is 3. The number of phenols is 3. The Kier molecular flexibility index (Phi) is 11.5. The second kappa shape index (κ2) is 15.5. The van der Waals surface area contributed by atoms with Crippen LogP contribution in [0, 0.1) is 17.8 Å². The van der Waals surface area contributed by atoms with Crippen LogP contribution in [0.15, 0.2) is 54.6 Å². The van der Waals surface area contributed by atoms with Crippen LogP contribution in [0.4, 0.5) is 0 Å². The van der Waals surface area contributed by atoms with Crippen LogP contribution in [0.2, 0.25) is 0 Å². The van der Waals surface area contributed by atoms with Gasteiger partial charge in [-0.25, -0.2) is 15.0 Å². The molecule has 0 aliphatic carbocycles. The summed E-state index contributed by atoms with van der Waals surface area (Å²) in [6.07, 6.45) is 2.66. The van der Waals surface area contributed by atoms with Crippen molar-refractivity contribution in [3.63, 3.8) is 0 Å². The van der Waals surface area contributed by atoms with Crippen LogP contribution < -0.4 is 14.2 Å². The number of phenolic OH excluding ortho intramolecular Hbond substituents is 3. The first-order chi connectivity index (χ1) is 21.5. The van der Waals surface area contributed by atoms with Gasteiger partial charge in [0.25, 0.3) is 0 Å². The Bertz CT molecular complexity index is 1370. The third kappa shape index (κ3) is 9.48. The molecule has 9 nitrogen and oxygen atoms in total. The second-order valence-corrected chi connectivity index (χ2v) is 12.4. The van der Waals surface area contributed by atoms with Gasteiger partial charge in [-0.1, -0.05) is 41.5 Å². The summed E-state index contributed by atoms with van der Waals surface area (Å²) in [5.41, 5.74) is 1.03. The first-order valence-electron chi connectivity index (χ1n) is 15.6. The summed E-state index contributed by atoms with van der Waals surface area (Å²) in [5.74, 6) is 3.34. The van der Waals surface area contributed by atoms with Crippen LogP contribution in [0.1, 0.15) is 60.8 Å². The zero-order chi connectivity index (χ0) is 32.5. The van der Waals surface area contributed by atoms with Crippen LogP contribution in [0.3, 0.4) is 0 Å². The minimum atomic E-state index is -0.0728. The average molecular weight is 616 g/mol. The highest BCUT2D eigenvalue weighted by atomic mass is 16.5. The summed E-state index contributed by atoms with van der Waals surface area (Å²) in [4.78, 5) is 13.9. The van der Waals surface area contributed by atoms with Crippen molar-refractivity contribution in [2.24, 2.45) is 17.8 Å². The molecule has 0 aliphatic rings. The molecule has 0 unspecified atom stereocenters. The molecule has 0 fully saturated rings. The molecule has 9 heteroatoms. The quantitative estimate of drug-likeness (QED) is 0.121. The topological polar surface area (TPSA) is 127 Å². The highest BCUT2D eigenvalue weighted by Crippen LogP contribution is 2.37. The molecule has 0 saturated heterocycles. The van der Waals surface area contributed by atoms with Gasteiger partial charge >= 0.3 is 0 Å². The standard InChI is InChI=1S/C36H45N3O6/c1-22(2)13-16-43-25-7-10-28(31(40)19-25)34-37-35(29-11-8-26(20-32(29)41)44-17-14-23(3)4)39-36(38-34)30-12-9-27(21-33(30)42)45-18-15-24(5)6/h7-12,19-24,40-42H,13-18H2,1-6H3. The smallest absolute Gasteiger partial charge is 0.167 e. The summed E-state index contributed by atoms with van der Waals surface area (Å²) in [5, 5.41) is 33.0. The molecule has 4 rings (SSSR count). The predicted molar refractivity (Wildman–Crippen MR) is 176 cm³/mol. The van der Waals surface area contributed by atoms with E-state index in [1.165, 1.54) is 18.2 Å². The number of benzene rings is 3. The Morgan fingerprint density at radius 2 is 0.733 bits per heavy atom. The highest BCUT2D eigenvalue weighted by Gasteiger charge is 2.19. The van der Waals surface area contributed by atoms with Gasteiger partial charge in [0.05, 0.1) is 36.5 Å². The summed E-state index contributed by atoms with van der Waals surface area (Å²) in [6.45, 7) is 14.3. The van der Waals surface area contributed by atoms with Gasteiger partial charge < -0.3 is 29.5 Å². The molecule has 240 valence electrons. The van der Waals surface area contributed by atoms with E-state index in [-0.39, 0.29) is 34.7 Å². The first-order valence-corrected chi connectivity index (χ1v) is 15.6. The van der Waals surface area contributed by atoms with Gasteiger partial charge in [0.2, 0.25) is 0 Å². The minimum Gasteiger partial charge on any atom is -0.507 e. The second-order valence-electron chi connectivity index (χ2n) is 12.4. The third-order valence-electron chi connectivity index (χ3n) is 7.16. The molecule has 1 heterocycles. The van der Waals surface area contributed by atoms with Gasteiger partial charge in [-0.2, -0.15) is 0 Å². The molecule has 0 aliphatic heterocycles. The summed E-state index contributed by atoms with van der Waals surface area (Å²) >= 11 is 0. The van der Waals surface area contributed by atoms with Crippen molar-refractivity contribution in [3.05, 3.63) is 54.6 Å². The number of aromatic hydroxyl groups is 3. The number of nitrogens with zero attached hydrogens (tertiary/aromatic N) is 3. The molecular formula is C36H45N3O6. The fraction of sp³-hybridized carbons (Fsp3) is 0.417. The summed E-state index contributed by atoms with van der Waals surface area (Å²) < 4.78 is 17.4. The molecule has 0 atom stereocenters. The van der Waals surface area contributed by atoms with E-state index < -0.39 is 0 Å². The van der Waals surface area contributed by atoms with E-state index in [1.54, 1.807) is 36.4 Å². The number of rotatable bonds is 15. The van der Waals surface area contributed by atoms with Crippen LogP contribution >= 0.6 is 0 Å². The van der Waals surface area contributed by atoms with Crippen molar-refractivity contribution >= 4 is 0 Å². The largest absolute Gasteiger partial charge is 0.507 e. The molecule has 0 amide bonds. The first kappa shape index (κ1) is 33.4. The maximum atomic E-state index is 11.0. The lowest BCUT2D eigenvalue weighted by Gasteiger charge is -2.14. The van der Waals surface area contributed by atoms with Crippen LogP contribution in [-0.4, -0.2) is 50.1 Å². The van der Waals surface area contributed by atoms with E-state index >= 15 is 0 Å². The molecule has 0 radical (unpaired) electrons. The lowest BCUT2D eigenvalue weighted by molar-refractivity contribution is 0.288. The molecular weight excluding hydrogens is 570 g/mol. The Balaban J connectivity index is 1.72. The maximum Gasteiger partial charge on any atom is 0.167 e. The van der Waals surface area contributed by atoms with Gasteiger partial charge in [0.15, 0.2) is 17.5 Å². The van der Waals surface area contributed by atoms with Gasteiger partial charge in [-0.3, -0.25) is 0 Å². The van der Waals surface area contributed by atoms with E-state index in [1.807, 2.05) is 0 Å². The molecule has 4 aromatic rings. The van der Waals surface area contributed by atoms with Crippen molar-refractivity contribution in [1.29, 1.82) is 0 Å². The van der Waals surface area contributed by atoms with Crippen molar-refractivity contribution in [3.8, 4) is 68.7 Å². The van der Waals surface area contributed by atoms with Gasteiger partial charge in [0.1, 0.15) is 34.5 Å². The number of hydrogen-bond acceptors (Lipinski definition) is 9. The van der Waals surface area contributed by atoms with Crippen molar-refractivity contribution in [1.82, 2.24) is 15.0 Å². The average Bonchev–Trinajstić information content (AvgIpc) is 2.96. The zero-order valence-electron chi connectivity index (χ0n) is 27.1. The normalized spacial score (nSPS) is 11.4. The molecule has 45 heavy (non-hydrogen) atoms. The summed E-state index contributed by atoms with van der Waals surface area (Å²) in [6, 6.07) is 14.9.